The molecule has 2 rings (SSSR count). The number of benzene rings is 1. The van der Waals surface area contributed by atoms with Gasteiger partial charge in [-0.25, -0.2) is 8.78 Å². The Morgan fingerprint density at radius 1 is 1.42 bits per heavy atom. The quantitative estimate of drug-likeness (QED) is 0.780. The number of carbonyl (C=O) groups is 1. The summed E-state index contributed by atoms with van der Waals surface area (Å²) in [6.45, 7) is 5.27. The molecule has 2 nitrogen and oxygen atoms in total. The average molecular weight is 267 g/mol. The van der Waals surface area contributed by atoms with Crippen LogP contribution in [0.15, 0.2) is 18.2 Å². The van der Waals surface area contributed by atoms with Crippen LogP contribution in [0.4, 0.5) is 8.78 Å². The van der Waals surface area contributed by atoms with E-state index in [-0.39, 0.29) is 17.9 Å². The predicted molar refractivity (Wildman–Crippen MR) is 70.1 cm³/mol. The number of hydrogen-bond donors (Lipinski definition) is 0. The highest BCUT2D eigenvalue weighted by Crippen LogP contribution is 2.24. The smallest absolute Gasteiger partial charge is 0.179 e. The van der Waals surface area contributed by atoms with Gasteiger partial charge in [0, 0.05) is 6.04 Å². The summed E-state index contributed by atoms with van der Waals surface area (Å²) in [5.74, 6) is -1.10. The second-order valence-corrected chi connectivity index (χ2v) is 5.47. The van der Waals surface area contributed by atoms with Gasteiger partial charge in [0.15, 0.2) is 5.78 Å². The molecule has 1 atom stereocenters. The molecule has 1 unspecified atom stereocenters. The summed E-state index contributed by atoms with van der Waals surface area (Å²) in [7, 11) is 0. The fourth-order valence-corrected chi connectivity index (χ4v) is 2.78. The highest BCUT2D eigenvalue weighted by atomic mass is 19.1. The molecule has 0 amide bonds. The highest BCUT2D eigenvalue weighted by Gasteiger charge is 2.29. The minimum atomic E-state index is -0.647. The minimum absolute atomic E-state index is 0.144. The number of likely N-dealkylation sites (tertiary alicyclic amines) is 1. The molecule has 1 fully saturated rings. The number of Topliss-reactive ketones (excluding diaryl/α,β-unsaturated/α-hetero) is 1. The van der Waals surface area contributed by atoms with E-state index in [2.05, 4.69) is 18.7 Å². The molecule has 0 aromatic heterocycles. The van der Waals surface area contributed by atoms with E-state index in [0.29, 0.717) is 12.0 Å². The zero-order valence-corrected chi connectivity index (χ0v) is 11.3. The van der Waals surface area contributed by atoms with Crippen LogP contribution in [-0.2, 0) is 0 Å². The second-order valence-electron chi connectivity index (χ2n) is 5.47. The topological polar surface area (TPSA) is 20.3 Å². The van der Waals surface area contributed by atoms with Gasteiger partial charge in [0.05, 0.1) is 12.1 Å². The summed E-state index contributed by atoms with van der Waals surface area (Å²) >= 11 is 0. The average Bonchev–Trinajstić information content (AvgIpc) is 2.80. The summed E-state index contributed by atoms with van der Waals surface area (Å²) in [6, 6.07) is 3.38. The van der Waals surface area contributed by atoms with Gasteiger partial charge in [0.2, 0.25) is 0 Å². The number of carbonyl (C=O) groups excluding carboxylic acids is 1. The Morgan fingerprint density at radius 3 is 2.84 bits per heavy atom. The van der Waals surface area contributed by atoms with Crippen molar-refractivity contribution in [1.82, 2.24) is 4.90 Å². The van der Waals surface area contributed by atoms with Crippen LogP contribution in [0.25, 0.3) is 0 Å². The van der Waals surface area contributed by atoms with Gasteiger partial charge in [0.1, 0.15) is 11.6 Å². The molecular formula is C15H19F2NO. The number of rotatable bonds is 4. The SMILES string of the molecule is CC(C)C1CCCN1CC(=O)c1cc(F)ccc1F. The molecule has 1 aromatic carbocycles. The molecule has 0 bridgehead atoms. The first kappa shape index (κ1) is 14.1. The molecule has 1 heterocycles. The Labute approximate surface area is 112 Å². The molecule has 4 heteroatoms. The third-order valence-electron chi connectivity index (χ3n) is 3.76. The van der Waals surface area contributed by atoms with Crippen molar-refractivity contribution < 1.29 is 13.6 Å². The van der Waals surface area contributed by atoms with E-state index >= 15 is 0 Å². The highest BCUT2D eigenvalue weighted by molar-refractivity contribution is 5.97. The Balaban J connectivity index is 2.10. The van der Waals surface area contributed by atoms with Crippen molar-refractivity contribution in [2.24, 2.45) is 5.92 Å². The molecule has 1 aliphatic rings. The van der Waals surface area contributed by atoms with Gasteiger partial charge in [-0.05, 0) is 43.5 Å². The van der Waals surface area contributed by atoms with Gasteiger partial charge in [-0.1, -0.05) is 13.8 Å². The second kappa shape index (κ2) is 5.78. The minimum Gasteiger partial charge on any atom is -0.293 e. The first-order chi connectivity index (χ1) is 8.99. The van der Waals surface area contributed by atoms with Crippen molar-refractivity contribution in [3.05, 3.63) is 35.4 Å². The molecule has 0 spiro atoms. The van der Waals surface area contributed by atoms with Gasteiger partial charge in [0.25, 0.3) is 0 Å². The maximum atomic E-state index is 13.5. The molecule has 1 saturated heterocycles. The number of ketones is 1. The Hall–Kier alpha value is -1.29. The van der Waals surface area contributed by atoms with Gasteiger partial charge in [-0.3, -0.25) is 9.69 Å². The summed E-state index contributed by atoms with van der Waals surface area (Å²) in [4.78, 5) is 14.2. The zero-order valence-electron chi connectivity index (χ0n) is 11.3. The molecule has 1 aliphatic heterocycles. The van der Waals surface area contributed by atoms with Crippen molar-refractivity contribution in [1.29, 1.82) is 0 Å². The van der Waals surface area contributed by atoms with Crippen LogP contribution in [-0.4, -0.2) is 29.8 Å². The van der Waals surface area contributed by atoms with E-state index in [4.69, 9.17) is 0 Å². The van der Waals surface area contributed by atoms with Crippen molar-refractivity contribution >= 4 is 5.78 Å². The lowest BCUT2D eigenvalue weighted by Gasteiger charge is -2.26. The number of nitrogens with zero attached hydrogens (tertiary/aromatic N) is 1. The van der Waals surface area contributed by atoms with Crippen LogP contribution >= 0.6 is 0 Å². The van der Waals surface area contributed by atoms with Crippen LogP contribution in [0, 0.1) is 17.6 Å². The van der Waals surface area contributed by atoms with Gasteiger partial charge >= 0.3 is 0 Å². The standard InChI is InChI=1S/C15H19F2NO/c1-10(2)14-4-3-7-18(14)9-15(19)12-8-11(16)5-6-13(12)17/h5-6,8,10,14H,3-4,7,9H2,1-2H3. The van der Waals surface area contributed by atoms with Crippen LogP contribution in [0.1, 0.15) is 37.0 Å². The molecule has 0 N–H and O–H groups in total. The van der Waals surface area contributed by atoms with Crippen LogP contribution in [0.5, 0.6) is 0 Å². The third kappa shape index (κ3) is 3.18. The summed E-state index contributed by atoms with van der Waals surface area (Å²) < 4.78 is 26.6. The Kier molecular flexibility index (Phi) is 4.30. The van der Waals surface area contributed by atoms with E-state index in [1.807, 2.05) is 0 Å². The van der Waals surface area contributed by atoms with E-state index in [9.17, 15) is 13.6 Å². The number of halogens is 2. The van der Waals surface area contributed by atoms with E-state index in [1.54, 1.807) is 0 Å². The van der Waals surface area contributed by atoms with E-state index in [0.717, 1.165) is 37.6 Å². The largest absolute Gasteiger partial charge is 0.293 e. The van der Waals surface area contributed by atoms with Gasteiger partial charge < -0.3 is 0 Å². The fourth-order valence-electron chi connectivity index (χ4n) is 2.78. The zero-order chi connectivity index (χ0) is 14.0. The first-order valence-corrected chi connectivity index (χ1v) is 6.71. The molecular weight excluding hydrogens is 248 g/mol. The lowest BCUT2D eigenvalue weighted by atomic mass is 10.0. The van der Waals surface area contributed by atoms with Crippen molar-refractivity contribution in [2.75, 3.05) is 13.1 Å². The van der Waals surface area contributed by atoms with Crippen molar-refractivity contribution in [3.63, 3.8) is 0 Å². The lowest BCUT2D eigenvalue weighted by Crippen LogP contribution is -2.37. The summed E-state index contributed by atoms with van der Waals surface area (Å²) in [6.07, 6.45) is 2.12. The van der Waals surface area contributed by atoms with Crippen molar-refractivity contribution in [2.45, 2.75) is 32.7 Å². The monoisotopic (exact) mass is 267 g/mol. The van der Waals surface area contributed by atoms with E-state index < -0.39 is 11.6 Å². The summed E-state index contributed by atoms with van der Waals surface area (Å²) in [5.41, 5.74) is -0.144. The van der Waals surface area contributed by atoms with Gasteiger partial charge in [-0.2, -0.15) is 0 Å². The van der Waals surface area contributed by atoms with Crippen LogP contribution in [0.3, 0.4) is 0 Å². The molecule has 0 radical (unpaired) electrons. The predicted octanol–water partition coefficient (Wildman–Crippen LogP) is 3.27. The van der Waals surface area contributed by atoms with Gasteiger partial charge in [-0.15, -0.1) is 0 Å². The van der Waals surface area contributed by atoms with E-state index in [1.165, 1.54) is 0 Å². The lowest BCUT2D eigenvalue weighted by molar-refractivity contribution is 0.0899. The molecule has 104 valence electrons. The van der Waals surface area contributed by atoms with Crippen molar-refractivity contribution in [3.8, 4) is 0 Å². The Bertz CT molecular complexity index is 473. The van der Waals surface area contributed by atoms with Crippen LogP contribution < -0.4 is 0 Å². The number of hydrogen-bond acceptors (Lipinski definition) is 2. The van der Waals surface area contributed by atoms with Crippen LogP contribution in [0.2, 0.25) is 0 Å². The molecule has 0 aliphatic carbocycles. The summed E-state index contributed by atoms with van der Waals surface area (Å²) in [5, 5.41) is 0. The fraction of sp³-hybridized carbons (Fsp3) is 0.533. The third-order valence-corrected chi connectivity index (χ3v) is 3.76. The molecule has 19 heavy (non-hydrogen) atoms. The first-order valence-electron chi connectivity index (χ1n) is 6.71. The maximum absolute atomic E-state index is 13.5. The molecule has 0 saturated carbocycles. The normalized spacial score (nSPS) is 20.2. The Morgan fingerprint density at radius 2 is 2.16 bits per heavy atom. The molecule has 1 aromatic rings. The maximum Gasteiger partial charge on any atom is 0.179 e.